The summed E-state index contributed by atoms with van der Waals surface area (Å²) in [6.07, 6.45) is 3.37. The highest BCUT2D eigenvalue weighted by Gasteiger charge is 2.21. The van der Waals surface area contributed by atoms with Gasteiger partial charge in [-0.3, -0.25) is 0 Å². The fourth-order valence-corrected chi connectivity index (χ4v) is 2.38. The highest BCUT2D eigenvalue weighted by atomic mass is 35.5. The number of anilines is 1. The molecule has 1 aromatic carbocycles. The molecule has 3 heteroatoms. The van der Waals surface area contributed by atoms with Crippen molar-refractivity contribution >= 4 is 17.3 Å². The summed E-state index contributed by atoms with van der Waals surface area (Å²) in [5, 5.41) is 4.32. The maximum atomic E-state index is 5.91. The minimum atomic E-state index is 0.370. The van der Waals surface area contributed by atoms with Crippen molar-refractivity contribution in [3.63, 3.8) is 0 Å². The molecule has 0 bridgehead atoms. The largest absolute Gasteiger partial charge is 0.382 e. The number of rotatable bonds is 2. The van der Waals surface area contributed by atoms with Gasteiger partial charge in [0.1, 0.15) is 0 Å². The normalized spacial score (nSPS) is 25.5. The molecule has 1 fully saturated rings. The molecular weight excluding hydrogens is 208 g/mol. The number of aryl methyl sites for hydroxylation is 1. The van der Waals surface area contributed by atoms with Crippen molar-refractivity contribution in [2.75, 3.05) is 5.32 Å². The van der Waals surface area contributed by atoms with Crippen LogP contribution in [0.15, 0.2) is 18.2 Å². The van der Waals surface area contributed by atoms with Crippen LogP contribution in [0, 0.1) is 6.92 Å². The summed E-state index contributed by atoms with van der Waals surface area (Å²) in [5.41, 5.74) is 8.26. The van der Waals surface area contributed by atoms with E-state index in [1.54, 1.807) is 0 Å². The monoisotopic (exact) mass is 224 g/mol. The van der Waals surface area contributed by atoms with Gasteiger partial charge in [-0.25, -0.2) is 0 Å². The molecule has 0 aliphatic heterocycles. The molecule has 15 heavy (non-hydrogen) atoms. The number of nitrogens with one attached hydrogen (secondary N) is 1. The first-order valence-corrected chi connectivity index (χ1v) is 5.81. The molecule has 2 nitrogen and oxygen atoms in total. The summed E-state index contributed by atoms with van der Waals surface area (Å²) in [5.74, 6) is 0. The first-order chi connectivity index (χ1) is 7.15. The standard InChI is InChI=1S/C12H17ClN2/c1-8-6-9(13)2-5-12(8)15-11-4-3-10(14)7-11/h2,5-6,10-11,15H,3-4,7,14H2,1H3. The third-order valence-electron chi connectivity index (χ3n) is 3.02. The van der Waals surface area contributed by atoms with Gasteiger partial charge in [0.25, 0.3) is 0 Å². The van der Waals surface area contributed by atoms with Gasteiger partial charge in [-0.1, -0.05) is 11.6 Å². The molecule has 82 valence electrons. The van der Waals surface area contributed by atoms with Gasteiger partial charge in [0.2, 0.25) is 0 Å². The Morgan fingerprint density at radius 2 is 2.20 bits per heavy atom. The molecular formula is C12H17ClN2. The molecule has 1 aromatic rings. The van der Waals surface area contributed by atoms with E-state index in [2.05, 4.69) is 12.2 Å². The van der Waals surface area contributed by atoms with Crippen LogP contribution in [0.1, 0.15) is 24.8 Å². The fourth-order valence-electron chi connectivity index (χ4n) is 2.16. The van der Waals surface area contributed by atoms with Crippen molar-refractivity contribution in [2.24, 2.45) is 5.73 Å². The van der Waals surface area contributed by atoms with Gasteiger partial charge >= 0.3 is 0 Å². The van der Waals surface area contributed by atoms with Crippen molar-refractivity contribution in [1.29, 1.82) is 0 Å². The number of hydrogen-bond donors (Lipinski definition) is 2. The van der Waals surface area contributed by atoms with Gasteiger partial charge in [0, 0.05) is 22.8 Å². The van der Waals surface area contributed by atoms with E-state index in [4.69, 9.17) is 17.3 Å². The second kappa shape index (κ2) is 4.42. The van der Waals surface area contributed by atoms with E-state index in [1.165, 1.54) is 17.7 Å². The second-order valence-electron chi connectivity index (χ2n) is 4.37. The maximum absolute atomic E-state index is 5.91. The zero-order chi connectivity index (χ0) is 10.8. The fraction of sp³-hybridized carbons (Fsp3) is 0.500. The highest BCUT2D eigenvalue weighted by molar-refractivity contribution is 6.30. The van der Waals surface area contributed by atoms with Crippen LogP contribution >= 0.6 is 11.6 Å². The zero-order valence-corrected chi connectivity index (χ0v) is 9.72. The summed E-state index contributed by atoms with van der Waals surface area (Å²) in [6, 6.07) is 6.85. The summed E-state index contributed by atoms with van der Waals surface area (Å²) >= 11 is 5.91. The van der Waals surface area contributed by atoms with Crippen molar-refractivity contribution in [2.45, 2.75) is 38.3 Å². The van der Waals surface area contributed by atoms with Gasteiger partial charge in [-0.2, -0.15) is 0 Å². The molecule has 1 saturated carbocycles. The van der Waals surface area contributed by atoms with Crippen molar-refractivity contribution < 1.29 is 0 Å². The Hall–Kier alpha value is -0.730. The third kappa shape index (κ3) is 2.64. The number of hydrogen-bond acceptors (Lipinski definition) is 2. The predicted molar refractivity (Wildman–Crippen MR) is 65.4 cm³/mol. The lowest BCUT2D eigenvalue weighted by Gasteiger charge is -2.16. The lowest BCUT2D eigenvalue weighted by Crippen LogP contribution is -2.21. The summed E-state index contributed by atoms with van der Waals surface area (Å²) in [6.45, 7) is 2.07. The summed E-state index contributed by atoms with van der Waals surface area (Å²) in [4.78, 5) is 0. The molecule has 3 N–H and O–H groups in total. The van der Waals surface area contributed by atoms with Crippen LogP contribution in [0.3, 0.4) is 0 Å². The molecule has 2 unspecified atom stereocenters. The zero-order valence-electron chi connectivity index (χ0n) is 8.96. The Labute approximate surface area is 95.8 Å². The number of nitrogens with two attached hydrogens (primary N) is 1. The molecule has 2 rings (SSSR count). The van der Waals surface area contributed by atoms with Crippen LogP contribution in [-0.2, 0) is 0 Å². The molecule has 0 saturated heterocycles. The lowest BCUT2D eigenvalue weighted by molar-refractivity contribution is 0.687. The molecule has 1 aliphatic rings. The van der Waals surface area contributed by atoms with Crippen LogP contribution in [-0.4, -0.2) is 12.1 Å². The summed E-state index contributed by atoms with van der Waals surface area (Å²) in [7, 11) is 0. The number of benzene rings is 1. The Morgan fingerprint density at radius 3 is 2.80 bits per heavy atom. The molecule has 0 aromatic heterocycles. The van der Waals surface area contributed by atoms with Gasteiger partial charge in [-0.05, 0) is 49.9 Å². The van der Waals surface area contributed by atoms with E-state index in [1.807, 2.05) is 18.2 Å². The highest BCUT2D eigenvalue weighted by Crippen LogP contribution is 2.25. The Balaban J connectivity index is 2.04. The molecule has 0 amide bonds. The second-order valence-corrected chi connectivity index (χ2v) is 4.81. The Morgan fingerprint density at radius 1 is 1.40 bits per heavy atom. The van der Waals surface area contributed by atoms with Crippen molar-refractivity contribution in [3.05, 3.63) is 28.8 Å². The molecule has 1 aliphatic carbocycles. The number of halogens is 1. The third-order valence-corrected chi connectivity index (χ3v) is 3.26. The van der Waals surface area contributed by atoms with Crippen LogP contribution in [0.2, 0.25) is 5.02 Å². The minimum absolute atomic E-state index is 0.370. The molecule has 2 atom stereocenters. The van der Waals surface area contributed by atoms with E-state index >= 15 is 0 Å². The molecule has 0 spiro atoms. The molecule has 0 heterocycles. The van der Waals surface area contributed by atoms with Gasteiger partial charge in [0.15, 0.2) is 0 Å². The van der Waals surface area contributed by atoms with Gasteiger partial charge in [0.05, 0.1) is 0 Å². The average molecular weight is 225 g/mol. The van der Waals surface area contributed by atoms with Crippen LogP contribution in [0.5, 0.6) is 0 Å². The molecule has 0 radical (unpaired) electrons. The van der Waals surface area contributed by atoms with E-state index in [0.717, 1.165) is 17.9 Å². The van der Waals surface area contributed by atoms with E-state index < -0.39 is 0 Å². The van der Waals surface area contributed by atoms with E-state index in [-0.39, 0.29) is 0 Å². The lowest BCUT2D eigenvalue weighted by atomic mass is 10.1. The van der Waals surface area contributed by atoms with Gasteiger partial charge in [-0.15, -0.1) is 0 Å². The van der Waals surface area contributed by atoms with Crippen molar-refractivity contribution in [1.82, 2.24) is 0 Å². The Bertz CT molecular complexity index is 351. The average Bonchev–Trinajstić information content (AvgIpc) is 2.56. The summed E-state index contributed by atoms with van der Waals surface area (Å²) < 4.78 is 0. The van der Waals surface area contributed by atoms with Gasteiger partial charge < -0.3 is 11.1 Å². The SMILES string of the molecule is Cc1cc(Cl)ccc1NC1CCC(N)C1. The quantitative estimate of drug-likeness (QED) is 0.811. The van der Waals surface area contributed by atoms with Crippen LogP contribution in [0.4, 0.5) is 5.69 Å². The minimum Gasteiger partial charge on any atom is -0.382 e. The predicted octanol–water partition coefficient (Wildman–Crippen LogP) is 2.94. The maximum Gasteiger partial charge on any atom is 0.0410 e. The topological polar surface area (TPSA) is 38.0 Å². The Kier molecular flexibility index (Phi) is 3.17. The van der Waals surface area contributed by atoms with E-state index in [9.17, 15) is 0 Å². The smallest absolute Gasteiger partial charge is 0.0410 e. The van der Waals surface area contributed by atoms with Crippen LogP contribution < -0.4 is 11.1 Å². The van der Waals surface area contributed by atoms with E-state index in [0.29, 0.717) is 12.1 Å². The van der Waals surface area contributed by atoms with Crippen LogP contribution in [0.25, 0.3) is 0 Å². The first kappa shape index (κ1) is 10.8. The first-order valence-electron chi connectivity index (χ1n) is 5.43. The van der Waals surface area contributed by atoms with Crippen molar-refractivity contribution in [3.8, 4) is 0 Å².